The third-order valence-electron chi connectivity index (χ3n) is 3.06. The van der Waals surface area contributed by atoms with Crippen molar-refractivity contribution in [3.8, 4) is 5.75 Å². The van der Waals surface area contributed by atoms with Gasteiger partial charge in [-0.15, -0.1) is 0 Å². The number of hydrogen-bond donors (Lipinski definition) is 1. The quantitative estimate of drug-likeness (QED) is 0.864. The number of halogens is 3. The van der Waals surface area contributed by atoms with E-state index in [0.717, 1.165) is 0 Å². The van der Waals surface area contributed by atoms with E-state index in [4.69, 9.17) is 9.47 Å². The molecule has 0 aliphatic rings. The number of methoxy groups -OCH3 is 1. The molecule has 1 amide bonds. The molecule has 0 atom stereocenters. The number of carbonyl (C=O) groups is 1. The van der Waals surface area contributed by atoms with Crippen LogP contribution >= 0.6 is 0 Å². The highest BCUT2D eigenvalue weighted by Gasteiger charge is 2.28. The number of rotatable bonds is 6. The van der Waals surface area contributed by atoms with Crippen LogP contribution in [-0.4, -0.2) is 25.8 Å². The van der Waals surface area contributed by atoms with Gasteiger partial charge in [-0.25, -0.2) is 0 Å². The molecule has 24 heavy (non-hydrogen) atoms. The predicted octanol–water partition coefficient (Wildman–Crippen LogP) is 4.03. The Hall–Kier alpha value is -2.54. The summed E-state index contributed by atoms with van der Waals surface area (Å²) in [4.78, 5) is 12.2. The summed E-state index contributed by atoms with van der Waals surface area (Å²) >= 11 is 0. The summed E-state index contributed by atoms with van der Waals surface area (Å²) in [5.74, 6) is -0.269. The van der Waals surface area contributed by atoms with Gasteiger partial charge < -0.3 is 14.8 Å². The fourth-order valence-corrected chi connectivity index (χ4v) is 2.01. The number of anilines is 1. The number of carbonyl (C=O) groups excluding carboxylic acids is 1. The summed E-state index contributed by atoms with van der Waals surface area (Å²) in [5, 5.41) is 2.71. The molecule has 2 aromatic carbocycles. The highest BCUT2D eigenvalue weighted by Crippen LogP contribution is 2.25. The van der Waals surface area contributed by atoms with E-state index >= 15 is 0 Å². The van der Waals surface area contributed by atoms with Crippen molar-refractivity contribution in [2.24, 2.45) is 0 Å². The Kier molecular flexibility index (Phi) is 5.81. The zero-order valence-corrected chi connectivity index (χ0v) is 12.9. The van der Waals surface area contributed by atoms with Gasteiger partial charge in [-0.05, 0) is 30.3 Å². The largest absolute Gasteiger partial charge is 0.484 e. The lowest BCUT2D eigenvalue weighted by molar-refractivity contribution is -0.153. The number of benzene rings is 2. The van der Waals surface area contributed by atoms with Crippen LogP contribution in [-0.2, 0) is 11.3 Å². The van der Waals surface area contributed by atoms with Crippen molar-refractivity contribution in [3.05, 3.63) is 59.7 Å². The fraction of sp³-hybridized carbons (Fsp3) is 0.235. The smallest absolute Gasteiger partial charge is 0.422 e. The summed E-state index contributed by atoms with van der Waals surface area (Å²) in [5.41, 5.74) is 1.43. The van der Waals surface area contributed by atoms with Crippen LogP contribution in [0.15, 0.2) is 48.5 Å². The van der Waals surface area contributed by atoms with E-state index in [2.05, 4.69) is 5.32 Å². The van der Waals surface area contributed by atoms with Crippen molar-refractivity contribution in [3.63, 3.8) is 0 Å². The van der Waals surface area contributed by atoms with Gasteiger partial charge in [0.1, 0.15) is 5.75 Å². The van der Waals surface area contributed by atoms with Crippen LogP contribution in [0.5, 0.6) is 5.75 Å². The molecule has 0 spiro atoms. The Morgan fingerprint density at radius 2 is 1.83 bits per heavy atom. The van der Waals surface area contributed by atoms with Crippen molar-refractivity contribution in [2.45, 2.75) is 12.8 Å². The summed E-state index contributed by atoms with van der Waals surface area (Å²) in [6, 6.07) is 12.8. The lowest BCUT2D eigenvalue weighted by atomic mass is 10.1. The Bertz CT molecular complexity index is 687. The molecule has 0 radical (unpaired) electrons. The molecule has 0 fully saturated rings. The maximum absolute atomic E-state index is 12.2. The molecule has 4 nitrogen and oxygen atoms in total. The lowest BCUT2D eigenvalue weighted by Gasteiger charge is -2.14. The van der Waals surface area contributed by atoms with Crippen LogP contribution < -0.4 is 10.1 Å². The van der Waals surface area contributed by atoms with E-state index in [1.54, 1.807) is 30.3 Å². The minimum atomic E-state index is -4.42. The van der Waals surface area contributed by atoms with Crippen molar-refractivity contribution >= 4 is 11.6 Å². The third-order valence-corrected chi connectivity index (χ3v) is 3.06. The molecule has 1 N–H and O–H groups in total. The van der Waals surface area contributed by atoms with E-state index in [1.807, 2.05) is 0 Å². The maximum Gasteiger partial charge on any atom is 0.422 e. The zero-order valence-electron chi connectivity index (χ0n) is 12.9. The van der Waals surface area contributed by atoms with Gasteiger partial charge in [0.15, 0.2) is 6.61 Å². The first kappa shape index (κ1) is 17.8. The van der Waals surface area contributed by atoms with Gasteiger partial charge in [0.2, 0.25) is 0 Å². The van der Waals surface area contributed by atoms with Gasteiger partial charge in [-0.2, -0.15) is 13.2 Å². The van der Waals surface area contributed by atoms with Gasteiger partial charge in [-0.1, -0.05) is 18.2 Å². The number of ether oxygens (including phenoxy) is 2. The minimum Gasteiger partial charge on any atom is -0.484 e. The van der Waals surface area contributed by atoms with E-state index < -0.39 is 12.8 Å². The van der Waals surface area contributed by atoms with Crippen molar-refractivity contribution < 1.29 is 27.4 Å². The molecule has 2 rings (SSSR count). The van der Waals surface area contributed by atoms with Crippen molar-refractivity contribution in [1.82, 2.24) is 0 Å². The SMILES string of the molecule is COCc1cc(OCC(F)(F)F)ccc1NC(=O)c1ccccc1. The van der Waals surface area contributed by atoms with E-state index in [1.165, 1.54) is 25.3 Å². The van der Waals surface area contributed by atoms with Gasteiger partial charge in [-0.3, -0.25) is 4.79 Å². The maximum atomic E-state index is 12.2. The fourth-order valence-electron chi connectivity index (χ4n) is 2.01. The average molecular weight is 339 g/mol. The minimum absolute atomic E-state index is 0.0529. The van der Waals surface area contributed by atoms with E-state index in [0.29, 0.717) is 16.8 Å². The molecule has 0 saturated carbocycles. The second kappa shape index (κ2) is 7.83. The first-order chi connectivity index (χ1) is 11.4. The average Bonchev–Trinajstić information content (AvgIpc) is 2.55. The second-order valence-electron chi connectivity index (χ2n) is 4.98. The number of nitrogens with one attached hydrogen (secondary N) is 1. The second-order valence-corrected chi connectivity index (χ2v) is 4.98. The predicted molar refractivity (Wildman–Crippen MR) is 83.1 cm³/mol. The molecule has 128 valence electrons. The van der Waals surface area contributed by atoms with Gasteiger partial charge in [0, 0.05) is 23.9 Å². The van der Waals surface area contributed by atoms with Crippen LogP contribution in [0.2, 0.25) is 0 Å². The first-order valence-corrected chi connectivity index (χ1v) is 7.07. The molecule has 0 aromatic heterocycles. The van der Waals surface area contributed by atoms with Crippen LogP contribution in [0, 0.1) is 0 Å². The van der Waals surface area contributed by atoms with Crippen LogP contribution in [0.4, 0.5) is 18.9 Å². The standard InChI is InChI=1S/C17H16F3NO3/c1-23-10-13-9-14(24-11-17(18,19)20)7-8-15(13)21-16(22)12-5-3-2-4-6-12/h2-9H,10-11H2,1H3,(H,21,22). The Morgan fingerprint density at radius 3 is 2.46 bits per heavy atom. The molecule has 0 aliphatic carbocycles. The molecule has 7 heteroatoms. The van der Waals surface area contributed by atoms with Crippen molar-refractivity contribution in [1.29, 1.82) is 0 Å². The highest BCUT2D eigenvalue weighted by atomic mass is 19.4. The van der Waals surface area contributed by atoms with Crippen LogP contribution in [0.3, 0.4) is 0 Å². The molecule has 0 heterocycles. The van der Waals surface area contributed by atoms with E-state index in [9.17, 15) is 18.0 Å². The number of amides is 1. The summed E-state index contributed by atoms with van der Waals surface area (Å²) in [6.07, 6.45) is -4.42. The number of alkyl halides is 3. The molecule has 0 saturated heterocycles. The van der Waals surface area contributed by atoms with Crippen LogP contribution in [0.1, 0.15) is 15.9 Å². The van der Waals surface area contributed by atoms with Gasteiger partial charge in [0.25, 0.3) is 5.91 Å². The molecule has 0 unspecified atom stereocenters. The molecular weight excluding hydrogens is 323 g/mol. The Morgan fingerprint density at radius 1 is 1.12 bits per heavy atom. The topological polar surface area (TPSA) is 47.6 Å². The first-order valence-electron chi connectivity index (χ1n) is 7.07. The molecule has 2 aromatic rings. The normalized spacial score (nSPS) is 11.2. The van der Waals surface area contributed by atoms with Crippen LogP contribution in [0.25, 0.3) is 0 Å². The molecular formula is C17H16F3NO3. The van der Waals surface area contributed by atoms with Gasteiger partial charge >= 0.3 is 6.18 Å². The van der Waals surface area contributed by atoms with E-state index in [-0.39, 0.29) is 18.3 Å². The lowest BCUT2D eigenvalue weighted by Crippen LogP contribution is -2.19. The summed E-state index contributed by atoms with van der Waals surface area (Å²) in [7, 11) is 1.45. The Labute approximate surface area is 137 Å². The molecule has 0 bridgehead atoms. The molecule has 0 aliphatic heterocycles. The summed E-state index contributed by atoms with van der Waals surface area (Å²) < 4.78 is 46.4. The summed E-state index contributed by atoms with van der Waals surface area (Å²) in [6.45, 7) is -1.26. The monoisotopic (exact) mass is 339 g/mol. The third kappa shape index (κ3) is 5.27. The van der Waals surface area contributed by atoms with Gasteiger partial charge in [0.05, 0.1) is 6.61 Å². The zero-order chi connectivity index (χ0) is 17.6. The van der Waals surface area contributed by atoms with Crippen molar-refractivity contribution in [2.75, 3.05) is 19.0 Å². The highest BCUT2D eigenvalue weighted by molar-refractivity contribution is 6.04. The number of hydrogen-bond acceptors (Lipinski definition) is 3. The Balaban J connectivity index is 2.15.